The molecule has 100 valence electrons. The summed E-state index contributed by atoms with van der Waals surface area (Å²) >= 11 is 0. The molecule has 1 atom stereocenters. The highest BCUT2D eigenvalue weighted by Crippen LogP contribution is 2.22. The van der Waals surface area contributed by atoms with Crippen LogP contribution in [0.3, 0.4) is 0 Å². The highest BCUT2D eigenvalue weighted by Gasteiger charge is 2.16. The van der Waals surface area contributed by atoms with Gasteiger partial charge in [0.15, 0.2) is 9.84 Å². The summed E-state index contributed by atoms with van der Waals surface area (Å²) < 4.78 is 23.2. The molecule has 1 heterocycles. The molecule has 0 saturated carbocycles. The van der Waals surface area contributed by atoms with Gasteiger partial charge >= 0.3 is 0 Å². The van der Waals surface area contributed by atoms with E-state index >= 15 is 0 Å². The molecule has 5 heteroatoms. The van der Waals surface area contributed by atoms with Crippen molar-refractivity contribution in [3.63, 3.8) is 0 Å². The molecule has 1 aliphatic heterocycles. The Bertz CT molecular complexity index is 520. The van der Waals surface area contributed by atoms with Gasteiger partial charge in [-0.25, -0.2) is 8.42 Å². The number of anilines is 1. The van der Waals surface area contributed by atoms with E-state index in [-0.39, 0.29) is 4.90 Å². The molecule has 0 spiro atoms. The first-order valence-electron chi connectivity index (χ1n) is 6.26. The first-order valence-corrected chi connectivity index (χ1v) is 8.15. The van der Waals surface area contributed by atoms with Gasteiger partial charge in [-0.15, -0.1) is 0 Å². The van der Waals surface area contributed by atoms with Gasteiger partial charge in [0.25, 0.3) is 0 Å². The molecule has 0 radical (unpaired) electrons. The van der Waals surface area contributed by atoms with Gasteiger partial charge in [0, 0.05) is 6.26 Å². The molecule has 1 aliphatic rings. The van der Waals surface area contributed by atoms with Gasteiger partial charge in [-0.3, -0.25) is 0 Å². The fourth-order valence-electron chi connectivity index (χ4n) is 2.39. The second kappa shape index (κ2) is 5.28. The topological polar surface area (TPSA) is 72.2 Å². The molecule has 1 fully saturated rings. The number of nitrogen functional groups attached to an aromatic ring is 1. The third-order valence-corrected chi connectivity index (χ3v) is 4.63. The fraction of sp³-hybridized carbons (Fsp3) is 0.538. The van der Waals surface area contributed by atoms with Gasteiger partial charge in [-0.2, -0.15) is 0 Å². The maximum atomic E-state index is 11.6. The van der Waals surface area contributed by atoms with E-state index in [2.05, 4.69) is 5.32 Å². The Balaban J connectivity index is 2.09. The number of benzene rings is 1. The lowest BCUT2D eigenvalue weighted by atomic mass is 9.99. The third kappa shape index (κ3) is 3.23. The Labute approximate surface area is 108 Å². The van der Waals surface area contributed by atoms with Crippen molar-refractivity contribution in [2.24, 2.45) is 5.92 Å². The predicted molar refractivity (Wildman–Crippen MR) is 73.3 cm³/mol. The fourth-order valence-corrected chi connectivity index (χ4v) is 3.25. The number of nitrogens with one attached hydrogen (secondary N) is 1. The first-order chi connectivity index (χ1) is 8.47. The Hall–Kier alpha value is -1.07. The van der Waals surface area contributed by atoms with E-state index in [1.165, 1.54) is 12.7 Å². The summed E-state index contributed by atoms with van der Waals surface area (Å²) in [6.45, 7) is 2.18. The van der Waals surface area contributed by atoms with Crippen molar-refractivity contribution in [1.82, 2.24) is 5.32 Å². The normalized spacial score (nSPS) is 20.2. The molecule has 1 unspecified atom stereocenters. The maximum absolute atomic E-state index is 11.6. The SMILES string of the molecule is CS(=O)(=O)c1cc(CCC2CCNC2)ccc1N. The van der Waals surface area contributed by atoms with Crippen LogP contribution >= 0.6 is 0 Å². The lowest BCUT2D eigenvalue weighted by Crippen LogP contribution is -2.09. The van der Waals surface area contributed by atoms with Crippen molar-refractivity contribution < 1.29 is 8.42 Å². The van der Waals surface area contributed by atoms with Gasteiger partial charge in [0.05, 0.1) is 10.6 Å². The summed E-state index contributed by atoms with van der Waals surface area (Å²) in [7, 11) is -3.23. The quantitative estimate of drug-likeness (QED) is 0.805. The Kier molecular flexibility index (Phi) is 3.92. The summed E-state index contributed by atoms with van der Waals surface area (Å²) in [5.74, 6) is 0.712. The van der Waals surface area contributed by atoms with Crippen LogP contribution in [0.2, 0.25) is 0 Å². The summed E-state index contributed by atoms with van der Waals surface area (Å²) in [6, 6.07) is 5.33. The van der Waals surface area contributed by atoms with E-state index in [0.29, 0.717) is 11.6 Å². The average Bonchev–Trinajstić information content (AvgIpc) is 2.79. The Morgan fingerprint density at radius 2 is 2.22 bits per heavy atom. The number of nitrogens with two attached hydrogens (primary N) is 1. The number of rotatable bonds is 4. The standard InChI is InChI=1S/C13H20N2O2S/c1-18(16,17)13-8-10(4-5-12(13)14)2-3-11-6-7-15-9-11/h4-5,8,11,15H,2-3,6-7,9,14H2,1H3. The average molecular weight is 268 g/mol. The molecular formula is C13H20N2O2S. The van der Waals surface area contributed by atoms with Crippen LogP contribution in [-0.4, -0.2) is 27.8 Å². The third-order valence-electron chi connectivity index (χ3n) is 3.48. The molecule has 0 aliphatic carbocycles. The minimum atomic E-state index is -3.23. The second-order valence-corrected chi connectivity index (χ2v) is 7.03. The predicted octanol–water partition coefficient (Wildman–Crippen LogP) is 1.21. The van der Waals surface area contributed by atoms with Crippen molar-refractivity contribution in [2.75, 3.05) is 25.1 Å². The molecule has 4 nitrogen and oxygen atoms in total. The van der Waals surface area contributed by atoms with Gasteiger partial charge in [0.1, 0.15) is 0 Å². The van der Waals surface area contributed by atoms with Crippen LogP contribution in [-0.2, 0) is 16.3 Å². The van der Waals surface area contributed by atoms with E-state index in [1.54, 1.807) is 12.1 Å². The zero-order chi connectivity index (χ0) is 13.2. The minimum Gasteiger partial charge on any atom is -0.398 e. The molecule has 3 N–H and O–H groups in total. The number of hydrogen-bond acceptors (Lipinski definition) is 4. The maximum Gasteiger partial charge on any atom is 0.177 e. The van der Waals surface area contributed by atoms with Crippen LogP contribution in [0.1, 0.15) is 18.4 Å². The lowest BCUT2D eigenvalue weighted by molar-refractivity contribution is 0.532. The van der Waals surface area contributed by atoms with E-state index in [4.69, 9.17) is 5.73 Å². The van der Waals surface area contributed by atoms with Crippen molar-refractivity contribution in [3.8, 4) is 0 Å². The minimum absolute atomic E-state index is 0.254. The largest absolute Gasteiger partial charge is 0.398 e. The molecule has 1 aromatic carbocycles. The smallest absolute Gasteiger partial charge is 0.177 e. The zero-order valence-electron chi connectivity index (χ0n) is 10.6. The summed E-state index contributed by atoms with van der Waals surface area (Å²) in [5, 5.41) is 3.34. The summed E-state index contributed by atoms with van der Waals surface area (Å²) in [4.78, 5) is 0.254. The molecular weight excluding hydrogens is 248 g/mol. The van der Waals surface area contributed by atoms with Gasteiger partial charge in [-0.1, -0.05) is 6.07 Å². The van der Waals surface area contributed by atoms with E-state index in [1.807, 2.05) is 6.07 Å². The molecule has 1 saturated heterocycles. The molecule has 0 amide bonds. The summed E-state index contributed by atoms with van der Waals surface area (Å²) in [6.07, 6.45) is 4.42. The van der Waals surface area contributed by atoms with Crippen LogP contribution in [0.5, 0.6) is 0 Å². The van der Waals surface area contributed by atoms with Crippen molar-refractivity contribution >= 4 is 15.5 Å². The highest BCUT2D eigenvalue weighted by molar-refractivity contribution is 7.90. The van der Waals surface area contributed by atoms with E-state index in [0.717, 1.165) is 31.5 Å². The van der Waals surface area contributed by atoms with Crippen LogP contribution < -0.4 is 11.1 Å². The van der Waals surface area contributed by atoms with Crippen LogP contribution in [0.15, 0.2) is 23.1 Å². The lowest BCUT2D eigenvalue weighted by Gasteiger charge is -2.10. The monoisotopic (exact) mass is 268 g/mol. The van der Waals surface area contributed by atoms with Crippen molar-refractivity contribution in [1.29, 1.82) is 0 Å². The number of hydrogen-bond donors (Lipinski definition) is 2. The van der Waals surface area contributed by atoms with E-state index < -0.39 is 9.84 Å². The molecule has 18 heavy (non-hydrogen) atoms. The second-order valence-electron chi connectivity index (χ2n) is 5.04. The molecule has 2 rings (SSSR count). The van der Waals surface area contributed by atoms with Crippen LogP contribution in [0.25, 0.3) is 0 Å². The molecule has 0 bridgehead atoms. The van der Waals surface area contributed by atoms with Crippen LogP contribution in [0, 0.1) is 5.92 Å². The number of aryl methyl sites for hydroxylation is 1. The van der Waals surface area contributed by atoms with Crippen LogP contribution in [0.4, 0.5) is 5.69 Å². The zero-order valence-corrected chi connectivity index (χ0v) is 11.5. The first kappa shape index (κ1) is 13.4. The van der Waals surface area contributed by atoms with Crippen molar-refractivity contribution in [3.05, 3.63) is 23.8 Å². The van der Waals surface area contributed by atoms with Gasteiger partial charge < -0.3 is 11.1 Å². The Morgan fingerprint density at radius 1 is 1.44 bits per heavy atom. The summed E-state index contributed by atoms with van der Waals surface area (Å²) in [5.41, 5.74) is 7.09. The van der Waals surface area contributed by atoms with Gasteiger partial charge in [-0.05, 0) is 56.0 Å². The molecule has 1 aromatic rings. The van der Waals surface area contributed by atoms with E-state index in [9.17, 15) is 8.42 Å². The highest BCUT2D eigenvalue weighted by atomic mass is 32.2. The van der Waals surface area contributed by atoms with Gasteiger partial charge in [0.2, 0.25) is 0 Å². The molecule has 0 aromatic heterocycles. The van der Waals surface area contributed by atoms with Crippen molar-refractivity contribution in [2.45, 2.75) is 24.2 Å². The number of sulfone groups is 1. The Morgan fingerprint density at radius 3 is 2.83 bits per heavy atom.